The van der Waals surface area contributed by atoms with Gasteiger partial charge < -0.3 is 9.47 Å². The third kappa shape index (κ3) is 5.01. The van der Waals surface area contributed by atoms with Gasteiger partial charge in [-0.15, -0.1) is 0 Å². The quantitative estimate of drug-likeness (QED) is 0.479. The van der Waals surface area contributed by atoms with Crippen molar-refractivity contribution >= 4 is 26.8 Å². The lowest BCUT2D eigenvalue weighted by Crippen LogP contribution is -2.21. The maximum Gasteiger partial charge on any atom is 0.136 e. The Hall–Kier alpha value is -1.07. The Morgan fingerprint density at radius 1 is 1.23 bits per heavy atom. The van der Waals surface area contributed by atoms with Crippen molar-refractivity contribution in [2.45, 2.75) is 71.4 Å². The first-order valence-electron chi connectivity index (χ1n) is 9.99. The van der Waals surface area contributed by atoms with E-state index in [0.29, 0.717) is 12.0 Å². The topological polar surface area (TPSA) is 36.3 Å². The molecule has 144 valence electrons. The van der Waals surface area contributed by atoms with Gasteiger partial charge in [-0.05, 0) is 73.9 Å². The number of nitrogens with zero attached hydrogens (tertiary/aromatic N) is 2. The molecular formula is C21H31BrN2O2. The third-order valence-corrected chi connectivity index (χ3v) is 5.74. The summed E-state index contributed by atoms with van der Waals surface area (Å²) < 4.78 is 14.8. The van der Waals surface area contributed by atoms with Crippen LogP contribution in [0.4, 0.5) is 0 Å². The van der Waals surface area contributed by atoms with Gasteiger partial charge >= 0.3 is 0 Å². The molecule has 0 aliphatic heterocycles. The molecule has 1 aliphatic rings. The summed E-state index contributed by atoms with van der Waals surface area (Å²) in [6.07, 6.45) is 9.56. The second-order valence-electron chi connectivity index (χ2n) is 7.72. The predicted molar refractivity (Wildman–Crippen MR) is 110 cm³/mol. The monoisotopic (exact) mass is 422 g/mol. The Bertz CT molecular complexity index is 705. The van der Waals surface area contributed by atoms with E-state index in [2.05, 4.69) is 39.8 Å². The zero-order valence-corrected chi connectivity index (χ0v) is 17.8. The largest absolute Gasteiger partial charge is 0.490 e. The van der Waals surface area contributed by atoms with Crippen molar-refractivity contribution in [1.29, 1.82) is 0 Å². The van der Waals surface area contributed by atoms with E-state index in [0.717, 1.165) is 34.3 Å². The van der Waals surface area contributed by atoms with Crippen LogP contribution in [0.3, 0.4) is 0 Å². The summed E-state index contributed by atoms with van der Waals surface area (Å²) in [6, 6.07) is 4.66. The summed E-state index contributed by atoms with van der Waals surface area (Å²) >= 11 is 3.62. The van der Waals surface area contributed by atoms with Gasteiger partial charge in [0.25, 0.3) is 0 Å². The molecule has 26 heavy (non-hydrogen) atoms. The highest BCUT2D eigenvalue weighted by Gasteiger charge is 2.23. The Balaban J connectivity index is 1.61. The Labute approximate surface area is 165 Å². The first-order chi connectivity index (χ1) is 12.6. The molecule has 2 aromatic rings. The molecule has 1 fully saturated rings. The van der Waals surface area contributed by atoms with Gasteiger partial charge in [-0.25, -0.2) is 0 Å². The molecule has 4 nitrogen and oxygen atoms in total. The van der Waals surface area contributed by atoms with Crippen LogP contribution in [0.25, 0.3) is 10.9 Å². The maximum atomic E-state index is 5.87. The van der Waals surface area contributed by atoms with E-state index in [1.54, 1.807) is 0 Å². The number of aromatic nitrogens is 2. The van der Waals surface area contributed by atoms with Crippen molar-refractivity contribution in [3.63, 3.8) is 0 Å². The third-order valence-electron chi connectivity index (χ3n) is 5.12. The first-order valence-corrected chi connectivity index (χ1v) is 10.8. The molecule has 0 saturated heterocycles. The van der Waals surface area contributed by atoms with E-state index in [4.69, 9.17) is 14.6 Å². The van der Waals surface area contributed by atoms with E-state index >= 15 is 0 Å². The van der Waals surface area contributed by atoms with Gasteiger partial charge in [-0.3, -0.25) is 4.68 Å². The average molecular weight is 423 g/mol. The molecule has 0 atom stereocenters. The van der Waals surface area contributed by atoms with Gasteiger partial charge in [-0.1, -0.05) is 13.3 Å². The van der Waals surface area contributed by atoms with Crippen molar-refractivity contribution in [2.75, 3.05) is 13.2 Å². The molecule has 5 heteroatoms. The van der Waals surface area contributed by atoms with Crippen LogP contribution >= 0.6 is 15.9 Å². The summed E-state index contributed by atoms with van der Waals surface area (Å²) in [6.45, 7) is 8.13. The number of hydrogen-bond donors (Lipinski definition) is 0. The normalized spacial score (nSPS) is 20.8. The number of unbranched alkanes of at least 4 members (excludes halogenated alkanes) is 1. The molecule has 1 heterocycles. The highest BCUT2D eigenvalue weighted by Crippen LogP contribution is 2.35. The molecular weight excluding hydrogens is 392 g/mol. The summed E-state index contributed by atoms with van der Waals surface area (Å²) in [5.41, 5.74) is 1.01. The predicted octanol–water partition coefficient (Wildman–Crippen LogP) is 6.13. The SMILES string of the molecule is CCCCOCC1CCC(n2cc3cc(Br)c(OC(C)C)cc3n2)CC1. The van der Waals surface area contributed by atoms with Gasteiger partial charge in [-0.2, -0.15) is 5.10 Å². The Kier molecular flexibility index (Phi) is 6.98. The fourth-order valence-electron chi connectivity index (χ4n) is 3.65. The minimum absolute atomic E-state index is 0.153. The lowest BCUT2D eigenvalue weighted by molar-refractivity contribution is 0.0759. The summed E-state index contributed by atoms with van der Waals surface area (Å²) in [5.74, 6) is 1.58. The fourth-order valence-corrected chi connectivity index (χ4v) is 4.10. The smallest absolute Gasteiger partial charge is 0.136 e. The molecule has 1 aliphatic carbocycles. The number of halogens is 1. The van der Waals surface area contributed by atoms with Crippen LogP contribution in [0.5, 0.6) is 5.75 Å². The Morgan fingerprint density at radius 2 is 2.00 bits per heavy atom. The van der Waals surface area contributed by atoms with Gasteiger partial charge in [0, 0.05) is 30.9 Å². The first kappa shape index (κ1) is 19.7. The van der Waals surface area contributed by atoms with Crippen LogP contribution in [0.15, 0.2) is 22.8 Å². The van der Waals surface area contributed by atoms with Crippen LogP contribution < -0.4 is 4.74 Å². The van der Waals surface area contributed by atoms with Crippen LogP contribution in [-0.2, 0) is 4.74 Å². The van der Waals surface area contributed by atoms with E-state index in [1.807, 2.05) is 19.9 Å². The molecule has 0 amide bonds. The van der Waals surface area contributed by atoms with Crippen LogP contribution in [0, 0.1) is 5.92 Å². The second-order valence-corrected chi connectivity index (χ2v) is 8.57. The van der Waals surface area contributed by atoms with Crippen molar-refractivity contribution in [2.24, 2.45) is 5.92 Å². The van der Waals surface area contributed by atoms with Gasteiger partial charge in [0.1, 0.15) is 5.75 Å². The number of fused-ring (bicyclic) bond motifs is 1. The second kappa shape index (κ2) is 9.23. The molecule has 0 bridgehead atoms. The van der Waals surface area contributed by atoms with Crippen molar-refractivity contribution in [1.82, 2.24) is 9.78 Å². The number of hydrogen-bond acceptors (Lipinski definition) is 3. The van der Waals surface area contributed by atoms with Gasteiger partial charge in [0.05, 0.1) is 22.1 Å². The van der Waals surface area contributed by atoms with Gasteiger partial charge in [0.15, 0.2) is 0 Å². The molecule has 3 rings (SSSR count). The molecule has 0 unspecified atom stereocenters. The van der Waals surface area contributed by atoms with Crippen LogP contribution in [0.2, 0.25) is 0 Å². The van der Waals surface area contributed by atoms with Crippen LogP contribution in [-0.4, -0.2) is 29.1 Å². The molecule has 0 radical (unpaired) electrons. The standard InChI is InChI=1S/C21H31BrN2O2/c1-4-5-10-25-14-16-6-8-18(9-7-16)24-13-17-11-19(22)21(26-15(2)3)12-20(17)23-24/h11-13,15-16,18H,4-10,14H2,1-3H3. The van der Waals surface area contributed by atoms with Crippen molar-refractivity contribution < 1.29 is 9.47 Å². The molecule has 1 aromatic heterocycles. The lowest BCUT2D eigenvalue weighted by Gasteiger charge is -2.28. The van der Waals surface area contributed by atoms with E-state index < -0.39 is 0 Å². The molecule has 1 saturated carbocycles. The summed E-state index contributed by atoms with van der Waals surface area (Å²) in [5, 5.41) is 6.01. The molecule has 0 spiro atoms. The summed E-state index contributed by atoms with van der Waals surface area (Å²) in [4.78, 5) is 0. The lowest BCUT2D eigenvalue weighted by atomic mass is 9.86. The highest BCUT2D eigenvalue weighted by molar-refractivity contribution is 9.10. The van der Waals surface area contributed by atoms with E-state index in [1.165, 1.54) is 38.5 Å². The van der Waals surface area contributed by atoms with Gasteiger partial charge in [0.2, 0.25) is 0 Å². The minimum Gasteiger partial charge on any atom is -0.490 e. The average Bonchev–Trinajstić information content (AvgIpc) is 3.02. The zero-order valence-electron chi connectivity index (χ0n) is 16.2. The number of benzene rings is 1. The van der Waals surface area contributed by atoms with Crippen molar-refractivity contribution in [3.8, 4) is 5.75 Å². The fraction of sp³-hybridized carbons (Fsp3) is 0.667. The summed E-state index contributed by atoms with van der Waals surface area (Å²) in [7, 11) is 0. The van der Waals surface area contributed by atoms with E-state index in [-0.39, 0.29) is 6.10 Å². The van der Waals surface area contributed by atoms with E-state index in [9.17, 15) is 0 Å². The highest BCUT2D eigenvalue weighted by atomic mass is 79.9. The minimum atomic E-state index is 0.153. The number of ether oxygens (including phenoxy) is 2. The number of rotatable bonds is 8. The van der Waals surface area contributed by atoms with Crippen LogP contribution in [0.1, 0.15) is 65.3 Å². The molecule has 0 N–H and O–H groups in total. The van der Waals surface area contributed by atoms with Crippen molar-refractivity contribution in [3.05, 3.63) is 22.8 Å². The molecule has 1 aromatic carbocycles. The maximum absolute atomic E-state index is 5.87. The zero-order chi connectivity index (χ0) is 18.5. The Morgan fingerprint density at radius 3 is 2.69 bits per heavy atom.